The van der Waals surface area contributed by atoms with Crippen molar-refractivity contribution in [3.63, 3.8) is 0 Å². The normalized spacial score (nSPS) is 15.6. The Kier molecular flexibility index (Phi) is 6.58. The quantitative estimate of drug-likeness (QED) is 0.405. The van der Waals surface area contributed by atoms with Crippen LogP contribution in [-0.2, 0) is 9.53 Å². The van der Waals surface area contributed by atoms with Crippen LogP contribution >= 0.6 is 11.3 Å². The molecule has 0 aliphatic carbocycles. The van der Waals surface area contributed by atoms with Gasteiger partial charge in [0.2, 0.25) is 0 Å². The zero-order chi connectivity index (χ0) is 24.6. The average Bonchev–Trinajstić information content (AvgIpc) is 3.24. The second-order valence-electron chi connectivity index (χ2n) is 9.62. The maximum absolute atomic E-state index is 12.8. The number of aliphatic imine (C=N–C) groups is 1. The molecule has 1 aromatic carbocycles. The molecule has 2 aromatic heterocycles. The van der Waals surface area contributed by atoms with Crippen LogP contribution in [0.3, 0.4) is 0 Å². The van der Waals surface area contributed by atoms with Crippen LogP contribution in [0.1, 0.15) is 85.4 Å². The van der Waals surface area contributed by atoms with Crippen molar-refractivity contribution < 1.29 is 9.53 Å². The largest absolute Gasteiger partial charge is 0.460 e. The van der Waals surface area contributed by atoms with E-state index >= 15 is 0 Å². The summed E-state index contributed by atoms with van der Waals surface area (Å²) in [4.78, 5) is 19.2. The van der Waals surface area contributed by atoms with Crippen LogP contribution in [0, 0.1) is 20.8 Å². The van der Waals surface area contributed by atoms with Crippen molar-refractivity contribution in [2.75, 3.05) is 0 Å². The predicted molar refractivity (Wildman–Crippen MR) is 138 cm³/mol. The topological polar surface area (TPSA) is 69.4 Å². The number of aryl methyl sites for hydroxylation is 2. The molecule has 1 atom stereocenters. The third-order valence-electron chi connectivity index (χ3n) is 5.75. The summed E-state index contributed by atoms with van der Waals surface area (Å²) in [5.41, 5.74) is 4.74. The molecule has 0 amide bonds. The van der Waals surface area contributed by atoms with Gasteiger partial charge in [-0.15, -0.1) is 21.5 Å². The summed E-state index contributed by atoms with van der Waals surface area (Å²) in [6.07, 6.45) is 5.37. The Morgan fingerprint density at radius 2 is 1.85 bits per heavy atom. The van der Waals surface area contributed by atoms with Crippen LogP contribution in [0.4, 0.5) is 0 Å². The number of ether oxygens (including phenoxy) is 1. The molecular formula is C27H32N4O2S. The van der Waals surface area contributed by atoms with E-state index in [2.05, 4.69) is 72.0 Å². The molecule has 6 nitrogen and oxygen atoms in total. The zero-order valence-electron chi connectivity index (χ0n) is 21.0. The van der Waals surface area contributed by atoms with E-state index in [1.54, 1.807) is 11.3 Å². The molecule has 0 radical (unpaired) electrons. The summed E-state index contributed by atoms with van der Waals surface area (Å²) >= 11 is 1.71. The van der Waals surface area contributed by atoms with Crippen LogP contribution in [0.2, 0.25) is 0 Å². The number of hydrogen-bond acceptors (Lipinski definition) is 6. The number of benzene rings is 1. The first kappa shape index (κ1) is 24.1. The Bertz CT molecular complexity index is 1270. The number of esters is 1. The standard InChI is InChI=1S/C27H32N4O2S/c1-8-9-10-19-11-13-20(14-12-19)24-23-16(2)17(3)34-26(23)31-18(4)29-30-25(31)21(28-24)15-22(32)33-27(5,6)7/h9-14,21H,8,15H2,1-7H3/b10-9+/t21-/m0/s1. The minimum atomic E-state index is -0.563. The van der Waals surface area contributed by atoms with Crippen molar-refractivity contribution in [2.45, 2.75) is 73.0 Å². The second-order valence-corrected chi connectivity index (χ2v) is 10.8. The van der Waals surface area contributed by atoms with E-state index in [4.69, 9.17) is 9.73 Å². The van der Waals surface area contributed by atoms with E-state index in [1.807, 2.05) is 27.7 Å². The highest BCUT2D eigenvalue weighted by atomic mass is 32.1. The lowest BCUT2D eigenvalue weighted by molar-refractivity contribution is -0.155. The van der Waals surface area contributed by atoms with Crippen LogP contribution in [0.15, 0.2) is 35.3 Å². The minimum absolute atomic E-state index is 0.100. The van der Waals surface area contributed by atoms with Gasteiger partial charge in [0.25, 0.3) is 0 Å². The first-order chi connectivity index (χ1) is 16.1. The van der Waals surface area contributed by atoms with E-state index < -0.39 is 11.6 Å². The summed E-state index contributed by atoms with van der Waals surface area (Å²) in [7, 11) is 0. The van der Waals surface area contributed by atoms with Gasteiger partial charge in [0.15, 0.2) is 5.82 Å². The van der Waals surface area contributed by atoms with Crippen molar-refractivity contribution in [1.82, 2.24) is 14.8 Å². The fraction of sp³-hybridized carbons (Fsp3) is 0.407. The lowest BCUT2D eigenvalue weighted by Gasteiger charge is -2.21. The van der Waals surface area contributed by atoms with E-state index in [9.17, 15) is 4.79 Å². The fourth-order valence-corrected chi connectivity index (χ4v) is 5.29. The van der Waals surface area contributed by atoms with Gasteiger partial charge in [-0.05, 0) is 59.1 Å². The van der Waals surface area contributed by atoms with Crippen LogP contribution < -0.4 is 0 Å². The molecule has 178 valence electrons. The third kappa shape index (κ3) is 4.75. The fourth-order valence-electron chi connectivity index (χ4n) is 4.07. The Morgan fingerprint density at radius 1 is 1.15 bits per heavy atom. The number of rotatable bonds is 5. The van der Waals surface area contributed by atoms with Crippen molar-refractivity contribution >= 4 is 29.1 Å². The summed E-state index contributed by atoms with van der Waals surface area (Å²) in [5, 5.41) is 9.84. The van der Waals surface area contributed by atoms with E-state index in [1.165, 1.54) is 10.4 Å². The zero-order valence-corrected chi connectivity index (χ0v) is 21.8. The molecule has 0 unspecified atom stereocenters. The Labute approximate surface area is 205 Å². The first-order valence-corrected chi connectivity index (χ1v) is 12.5. The van der Waals surface area contributed by atoms with E-state index in [0.29, 0.717) is 5.82 Å². The number of carbonyl (C=O) groups excluding carboxylic acids is 1. The number of nitrogens with zero attached hydrogens (tertiary/aromatic N) is 4. The Balaban J connectivity index is 1.87. The van der Waals surface area contributed by atoms with Crippen LogP contribution in [0.5, 0.6) is 0 Å². The molecule has 0 saturated heterocycles. The van der Waals surface area contributed by atoms with Crippen molar-refractivity contribution in [2.24, 2.45) is 4.99 Å². The summed E-state index contributed by atoms with van der Waals surface area (Å²) < 4.78 is 7.69. The van der Waals surface area contributed by atoms with Crippen molar-refractivity contribution in [1.29, 1.82) is 0 Å². The SMILES string of the molecule is CC/C=C/c1ccc(C2=N[C@@H](CC(=O)OC(C)(C)C)c3nnc(C)n3-c3sc(C)c(C)c32)cc1. The Hall–Kier alpha value is -3.06. The summed E-state index contributed by atoms with van der Waals surface area (Å²) in [5.74, 6) is 1.15. The maximum Gasteiger partial charge on any atom is 0.308 e. The molecule has 0 spiro atoms. The molecule has 1 aliphatic rings. The monoisotopic (exact) mass is 476 g/mol. The lowest BCUT2D eigenvalue weighted by atomic mass is 9.98. The molecule has 7 heteroatoms. The van der Waals surface area contributed by atoms with Gasteiger partial charge in [0.05, 0.1) is 12.1 Å². The predicted octanol–water partition coefficient (Wildman–Crippen LogP) is 6.30. The second kappa shape index (κ2) is 9.29. The highest BCUT2D eigenvalue weighted by Crippen LogP contribution is 2.39. The summed E-state index contributed by atoms with van der Waals surface area (Å²) in [6.45, 7) is 13.9. The van der Waals surface area contributed by atoms with Gasteiger partial charge in [-0.3, -0.25) is 14.4 Å². The van der Waals surface area contributed by atoms with Crippen LogP contribution in [-0.4, -0.2) is 32.0 Å². The molecule has 0 N–H and O–H groups in total. The van der Waals surface area contributed by atoms with Crippen molar-refractivity contribution in [3.8, 4) is 5.00 Å². The lowest BCUT2D eigenvalue weighted by Crippen LogP contribution is -2.25. The molecule has 0 saturated carbocycles. The number of carbonyl (C=O) groups is 1. The van der Waals surface area contributed by atoms with Gasteiger partial charge < -0.3 is 4.74 Å². The molecule has 0 bridgehead atoms. The number of allylic oxidation sites excluding steroid dienone is 1. The third-order valence-corrected chi connectivity index (χ3v) is 6.94. The van der Waals surface area contributed by atoms with Gasteiger partial charge in [0, 0.05) is 16.0 Å². The van der Waals surface area contributed by atoms with Gasteiger partial charge in [-0.2, -0.15) is 0 Å². The maximum atomic E-state index is 12.8. The highest BCUT2D eigenvalue weighted by molar-refractivity contribution is 7.15. The minimum Gasteiger partial charge on any atom is -0.460 e. The average molecular weight is 477 g/mol. The molecule has 0 fully saturated rings. The molecular weight excluding hydrogens is 444 g/mol. The number of aromatic nitrogens is 3. The smallest absolute Gasteiger partial charge is 0.308 e. The molecule has 34 heavy (non-hydrogen) atoms. The first-order valence-electron chi connectivity index (χ1n) is 11.7. The Morgan fingerprint density at radius 3 is 2.50 bits per heavy atom. The van der Waals surface area contributed by atoms with Gasteiger partial charge in [-0.1, -0.05) is 43.3 Å². The van der Waals surface area contributed by atoms with Gasteiger partial charge >= 0.3 is 5.97 Å². The molecule has 3 heterocycles. The molecule has 3 aromatic rings. The molecule has 1 aliphatic heterocycles. The van der Waals surface area contributed by atoms with E-state index in [0.717, 1.165) is 39.6 Å². The number of fused-ring (bicyclic) bond motifs is 3. The molecule has 4 rings (SSSR count). The number of hydrogen-bond donors (Lipinski definition) is 0. The van der Waals surface area contributed by atoms with Crippen LogP contribution in [0.25, 0.3) is 11.1 Å². The van der Waals surface area contributed by atoms with E-state index in [-0.39, 0.29) is 12.4 Å². The number of thiophene rings is 1. The van der Waals surface area contributed by atoms with Crippen molar-refractivity contribution in [3.05, 3.63) is 69.1 Å². The highest BCUT2D eigenvalue weighted by Gasteiger charge is 2.33. The summed E-state index contributed by atoms with van der Waals surface area (Å²) in [6, 6.07) is 7.93. The van der Waals surface area contributed by atoms with Gasteiger partial charge in [0.1, 0.15) is 22.5 Å². The van der Waals surface area contributed by atoms with Gasteiger partial charge in [-0.25, -0.2) is 0 Å².